The maximum absolute atomic E-state index is 12.2. The Kier molecular flexibility index (Phi) is 4.15. The Labute approximate surface area is 126 Å². The van der Waals surface area contributed by atoms with Gasteiger partial charge in [-0.3, -0.25) is 4.79 Å². The van der Waals surface area contributed by atoms with Crippen molar-refractivity contribution in [3.05, 3.63) is 23.8 Å². The highest BCUT2D eigenvalue weighted by Crippen LogP contribution is 2.29. The first kappa shape index (κ1) is 14.4. The second kappa shape index (κ2) is 6.06. The lowest BCUT2D eigenvalue weighted by molar-refractivity contribution is -0.122. The number of aliphatic hydroxyl groups excluding tert-OH is 1. The fourth-order valence-corrected chi connectivity index (χ4v) is 3.53. The van der Waals surface area contributed by atoms with Crippen molar-refractivity contribution in [3.63, 3.8) is 0 Å². The highest BCUT2D eigenvalue weighted by atomic mass is 16.3. The second-order valence-electron chi connectivity index (χ2n) is 6.29. The quantitative estimate of drug-likeness (QED) is 0.899. The van der Waals surface area contributed by atoms with Crippen molar-refractivity contribution >= 4 is 17.3 Å². The van der Waals surface area contributed by atoms with Gasteiger partial charge in [0.05, 0.1) is 12.0 Å². The molecule has 114 valence electrons. The van der Waals surface area contributed by atoms with Gasteiger partial charge in [-0.2, -0.15) is 0 Å². The number of nitrogens with one attached hydrogen (secondary N) is 1. The number of aryl methyl sites for hydroxylation is 1. The minimum atomic E-state index is -0.477. The van der Waals surface area contributed by atoms with Crippen LogP contribution in [0, 0.1) is 12.8 Å². The number of carbonyl (C=O) groups is 1. The first-order valence-electron chi connectivity index (χ1n) is 7.99. The Bertz CT molecular complexity index is 524. The summed E-state index contributed by atoms with van der Waals surface area (Å²) in [4.78, 5) is 14.6. The smallest absolute Gasteiger partial charge is 0.230 e. The van der Waals surface area contributed by atoms with E-state index in [9.17, 15) is 9.90 Å². The number of anilines is 2. The maximum atomic E-state index is 12.2. The average molecular weight is 288 g/mol. The van der Waals surface area contributed by atoms with Crippen LogP contribution < -0.4 is 10.2 Å². The first-order chi connectivity index (χ1) is 10.1. The van der Waals surface area contributed by atoms with E-state index in [0.717, 1.165) is 38.0 Å². The van der Waals surface area contributed by atoms with Crippen molar-refractivity contribution in [2.24, 2.45) is 5.92 Å². The van der Waals surface area contributed by atoms with Crippen LogP contribution in [0.2, 0.25) is 0 Å². The Morgan fingerprint density at radius 1 is 1.24 bits per heavy atom. The minimum Gasteiger partial charge on any atom is -0.392 e. The molecule has 1 saturated heterocycles. The third-order valence-corrected chi connectivity index (χ3v) is 4.73. The third kappa shape index (κ3) is 3.05. The van der Waals surface area contributed by atoms with Crippen LogP contribution in [-0.2, 0) is 4.79 Å². The van der Waals surface area contributed by atoms with Gasteiger partial charge in [0, 0.05) is 24.5 Å². The molecule has 2 unspecified atom stereocenters. The Balaban J connectivity index is 1.68. The summed E-state index contributed by atoms with van der Waals surface area (Å²) in [5, 5.41) is 12.8. The predicted molar refractivity (Wildman–Crippen MR) is 84.6 cm³/mol. The molecule has 1 heterocycles. The molecular weight excluding hydrogens is 264 g/mol. The number of aliphatic hydroxyl groups is 1. The lowest BCUT2D eigenvalue weighted by Gasteiger charge is -2.21. The van der Waals surface area contributed by atoms with Crippen molar-refractivity contribution in [2.75, 3.05) is 23.3 Å². The van der Waals surface area contributed by atoms with Gasteiger partial charge < -0.3 is 15.3 Å². The molecule has 1 aliphatic carbocycles. The SMILES string of the molecule is Cc1cc(NC(=O)C2CCCC2O)ccc1N1CCCC1. The molecular formula is C17H24N2O2. The molecule has 1 aromatic rings. The zero-order chi connectivity index (χ0) is 14.8. The normalized spacial score (nSPS) is 25.3. The summed E-state index contributed by atoms with van der Waals surface area (Å²) in [6.45, 7) is 4.34. The molecule has 2 atom stereocenters. The van der Waals surface area contributed by atoms with Gasteiger partial charge in [0.1, 0.15) is 0 Å². The van der Waals surface area contributed by atoms with Gasteiger partial charge in [0.2, 0.25) is 5.91 Å². The van der Waals surface area contributed by atoms with Crippen molar-refractivity contribution in [1.29, 1.82) is 0 Å². The number of rotatable bonds is 3. The minimum absolute atomic E-state index is 0.0478. The number of carbonyl (C=O) groups excluding carboxylic acids is 1. The number of hydrogen-bond donors (Lipinski definition) is 2. The molecule has 1 saturated carbocycles. The molecule has 3 rings (SSSR count). The summed E-state index contributed by atoms with van der Waals surface area (Å²) in [5.41, 5.74) is 3.30. The molecule has 0 bridgehead atoms. The van der Waals surface area contributed by atoms with Gasteiger partial charge in [0.15, 0.2) is 0 Å². The van der Waals surface area contributed by atoms with Crippen molar-refractivity contribution in [1.82, 2.24) is 0 Å². The van der Waals surface area contributed by atoms with Gasteiger partial charge in [-0.05, 0) is 62.8 Å². The van der Waals surface area contributed by atoms with Crippen LogP contribution in [0.15, 0.2) is 18.2 Å². The Morgan fingerprint density at radius 2 is 2.00 bits per heavy atom. The summed E-state index contributed by atoms with van der Waals surface area (Å²) in [6, 6.07) is 6.11. The lowest BCUT2D eigenvalue weighted by atomic mass is 10.0. The van der Waals surface area contributed by atoms with E-state index in [1.807, 2.05) is 12.1 Å². The monoisotopic (exact) mass is 288 g/mol. The molecule has 0 radical (unpaired) electrons. The number of amides is 1. The first-order valence-corrected chi connectivity index (χ1v) is 7.99. The summed E-state index contributed by atoms with van der Waals surface area (Å²) in [6.07, 6.45) is 4.51. The molecule has 4 heteroatoms. The van der Waals surface area contributed by atoms with Crippen molar-refractivity contribution < 1.29 is 9.90 Å². The van der Waals surface area contributed by atoms with E-state index in [-0.39, 0.29) is 11.8 Å². The van der Waals surface area contributed by atoms with E-state index in [1.54, 1.807) is 0 Å². The van der Waals surface area contributed by atoms with Crippen LogP contribution in [0.5, 0.6) is 0 Å². The molecule has 1 aromatic carbocycles. The van der Waals surface area contributed by atoms with Gasteiger partial charge >= 0.3 is 0 Å². The van der Waals surface area contributed by atoms with Gasteiger partial charge in [-0.25, -0.2) is 0 Å². The summed E-state index contributed by atoms with van der Waals surface area (Å²) in [7, 11) is 0. The Morgan fingerprint density at radius 3 is 2.62 bits per heavy atom. The summed E-state index contributed by atoms with van der Waals surface area (Å²) in [5.74, 6) is -0.295. The zero-order valence-electron chi connectivity index (χ0n) is 12.6. The molecule has 1 aliphatic heterocycles. The standard InChI is InChI=1S/C17H24N2O2/c1-12-11-13(7-8-15(12)19-9-2-3-10-19)18-17(21)14-5-4-6-16(14)20/h7-8,11,14,16,20H,2-6,9-10H2,1H3,(H,18,21). The maximum Gasteiger partial charge on any atom is 0.230 e. The fourth-order valence-electron chi connectivity index (χ4n) is 3.53. The lowest BCUT2D eigenvalue weighted by Crippen LogP contribution is -2.28. The molecule has 2 aliphatic rings. The fraction of sp³-hybridized carbons (Fsp3) is 0.588. The van der Waals surface area contributed by atoms with E-state index in [0.29, 0.717) is 0 Å². The van der Waals surface area contributed by atoms with Crippen LogP contribution in [0.4, 0.5) is 11.4 Å². The Hall–Kier alpha value is -1.55. The van der Waals surface area contributed by atoms with Crippen LogP contribution >= 0.6 is 0 Å². The number of benzene rings is 1. The molecule has 0 aromatic heterocycles. The van der Waals surface area contributed by atoms with E-state index in [4.69, 9.17) is 0 Å². The summed E-state index contributed by atoms with van der Waals surface area (Å²) >= 11 is 0. The molecule has 1 amide bonds. The predicted octanol–water partition coefficient (Wildman–Crippen LogP) is 2.69. The van der Waals surface area contributed by atoms with Gasteiger partial charge in [-0.15, -0.1) is 0 Å². The highest BCUT2D eigenvalue weighted by Gasteiger charge is 2.31. The van der Waals surface area contributed by atoms with Crippen LogP contribution in [0.3, 0.4) is 0 Å². The highest BCUT2D eigenvalue weighted by molar-refractivity contribution is 5.93. The number of hydrogen-bond acceptors (Lipinski definition) is 3. The van der Waals surface area contributed by atoms with Crippen LogP contribution in [0.1, 0.15) is 37.7 Å². The van der Waals surface area contributed by atoms with E-state index in [2.05, 4.69) is 23.2 Å². The van der Waals surface area contributed by atoms with E-state index < -0.39 is 6.10 Å². The molecule has 2 fully saturated rings. The summed E-state index contributed by atoms with van der Waals surface area (Å²) < 4.78 is 0. The van der Waals surface area contributed by atoms with E-state index >= 15 is 0 Å². The second-order valence-corrected chi connectivity index (χ2v) is 6.29. The van der Waals surface area contributed by atoms with Gasteiger partial charge in [-0.1, -0.05) is 0 Å². The van der Waals surface area contributed by atoms with E-state index in [1.165, 1.54) is 24.1 Å². The topological polar surface area (TPSA) is 52.6 Å². The molecule has 4 nitrogen and oxygen atoms in total. The molecule has 0 spiro atoms. The zero-order valence-corrected chi connectivity index (χ0v) is 12.6. The van der Waals surface area contributed by atoms with Crippen LogP contribution in [0.25, 0.3) is 0 Å². The van der Waals surface area contributed by atoms with Gasteiger partial charge in [0.25, 0.3) is 0 Å². The third-order valence-electron chi connectivity index (χ3n) is 4.73. The van der Waals surface area contributed by atoms with Crippen LogP contribution in [-0.4, -0.2) is 30.2 Å². The molecule has 2 N–H and O–H groups in total. The van der Waals surface area contributed by atoms with Crippen molar-refractivity contribution in [2.45, 2.75) is 45.1 Å². The van der Waals surface area contributed by atoms with Crippen molar-refractivity contribution in [3.8, 4) is 0 Å². The molecule has 21 heavy (non-hydrogen) atoms. The number of nitrogens with zero attached hydrogens (tertiary/aromatic N) is 1. The average Bonchev–Trinajstić information content (AvgIpc) is 3.10. The largest absolute Gasteiger partial charge is 0.392 e.